The third-order valence-electron chi connectivity index (χ3n) is 0.732. The smallest absolute Gasteiger partial charge is 0.294 e. The topological polar surface area (TPSA) is 26.3 Å². The van der Waals surface area contributed by atoms with Gasteiger partial charge >= 0.3 is 0 Å². The van der Waals surface area contributed by atoms with Crippen molar-refractivity contribution in [1.29, 1.82) is 0 Å². The summed E-state index contributed by atoms with van der Waals surface area (Å²) in [4.78, 5) is 0. The van der Waals surface area contributed by atoms with E-state index < -0.39 is 6.72 Å². The maximum absolute atomic E-state index is 11.0. The number of halogens is 1. The fourth-order valence-electron chi connectivity index (χ4n) is 0.371. The van der Waals surface area contributed by atoms with E-state index in [2.05, 4.69) is 13.2 Å². The molecule has 4 heteroatoms. The molecule has 0 heterocycles. The van der Waals surface area contributed by atoms with Crippen molar-refractivity contribution in [3.8, 4) is 0 Å². The van der Waals surface area contributed by atoms with Gasteiger partial charge in [0.15, 0.2) is 0 Å². The van der Waals surface area contributed by atoms with Gasteiger partial charge in [0.25, 0.3) is 6.72 Å². The number of hydrogen-bond donors (Lipinski definition) is 0. The SMILES string of the molecule is C=CCOP(=O)(Cl)CC=C. The summed E-state index contributed by atoms with van der Waals surface area (Å²) >= 11 is 5.43. The predicted octanol–water partition coefficient (Wildman–Crippen LogP) is 2.81. The van der Waals surface area contributed by atoms with Crippen LogP contribution in [0, 0.1) is 0 Å². The summed E-state index contributed by atoms with van der Waals surface area (Å²) in [5.41, 5.74) is 0. The van der Waals surface area contributed by atoms with Crippen molar-refractivity contribution in [2.75, 3.05) is 12.8 Å². The monoisotopic (exact) mass is 180 g/mol. The second kappa shape index (κ2) is 4.73. The maximum atomic E-state index is 11.0. The van der Waals surface area contributed by atoms with Gasteiger partial charge in [-0.1, -0.05) is 12.2 Å². The summed E-state index contributed by atoms with van der Waals surface area (Å²) in [5.74, 6) is 0. The van der Waals surface area contributed by atoms with E-state index in [0.29, 0.717) is 0 Å². The molecule has 0 aliphatic carbocycles. The van der Waals surface area contributed by atoms with E-state index in [1.807, 2.05) is 0 Å². The van der Waals surface area contributed by atoms with Crippen molar-refractivity contribution in [2.24, 2.45) is 0 Å². The highest BCUT2D eigenvalue weighted by atomic mass is 35.7. The van der Waals surface area contributed by atoms with Crippen LogP contribution in [0.5, 0.6) is 0 Å². The van der Waals surface area contributed by atoms with Gasteiger partial charge in [0.1, 0.15) is 0 Å². The largest absolute Gasteiger partial charge is 0.313 e. The van der Waals surface area contributed by atoms with E-state index in [-0.39, 0.29) is 12.8 Å². The van der Waals surface area contributed by atoms with Crippen molar-refractivity contribution in [2.45, 2.75) is 0 Å². The van der Waals surface area contributed by atoms with E-state index >= 15 is 0 Å². The molecule has 0 bridgehead atoms. The minimum absolute atomic E-state index is 0.197. The maximum Gasteiger partial charge on any atom is 0.294 e. The molecule has 0 aliphatic rings. The molecule has 0 rings (SSSR count). The first-order valence-corrected chi connectivity index (χ1v) is 5.49. The first-order valence-electron chi connectivity index (χ1n) is 2.77. The fraction of sp³-hybridized carbons (Fsp3) is 0.333. The molecular formula is C6H10ClO2P. The molecule has 1 atom stereocenters. The van der Waals surface area contributed by atoms with Crippen molar-refractivity contribution in [3.63, 3.8) is 0 Å². The number of rotatable bonds is 5. The Balaban J connectivity index is 3.74. The molecule has 0 aromatic carbocycles. The van der Waals surface area contributed by atoms with Gasteiger partial charge in [-0.3, -0.25) is 4.57 Å². The third-order valence-corrected chi connectivity index (χ3v) is 2.67. The van der Waals surface area contributed by atoms with Gasteiger partial charge in [-0.25, -0.2) is 0 Å². The van der Waals surface area contributed by atoms with Crippen molar-refractivity contribution >= 4 is 18.0 Å². The van der Waals surface area contributed by atoms with Crippen LogP contribution in [0.1, 0.15) is 0 Å². The molecule has 0 aromatic heterocycles. The predicted molar refractivity (Wildman–Crippen MR) is 44.7 cm³/mol. The second-order valence-electron chi connectivity index (χ2n) is 1.65. The van der Waals surface area contributed by atoms with Crippen LogP contribution in [0.25, 0.3) is 0 Å². The third kappa shape index (κ3) is 4.80. The highest BCUT2D eigenvalue weighted by molar-refractivity contribution is 7.85. The zero-order valence-corrected chi connectivity index (χ0v) is 7.28. The van der Waals surface area contributed by atoms with Crippen LogP contribution in [0.2, 0.25) is 0 Å². The molecular weight excluding hydrogens is 170 g/mol. The summed E-state index contributed by atoms with van der Waals surface area (Å²) in [6.07, 6.45) is 3.16. The Bertz CT molecular complexity index is 167. The molecule has 0 saturated carbocycles. The van der Waals surface area contributed by atoms with E-state index in [4.69, 9.17) is 15.8 Å². The van der Waals surface area contributed by atoms with E-state index in [9.17, 15) is 4.57 Å². The van der Waals surface area contributed by atoms with Crippen molar-refractivity contribution < 1.29 is 9.09 Å². The Morgan fingerprint density at radius 3 is 2.50 bits per heavy atom. The number of allylic oxidation sites excluding steroid dienone is 1. The van der Waals surface area contributed by atoms with Crippen LogP contribution < -0.4 is 0 Å². The lowest BCUT2D eigenvalue weighted by molar-refractivity contribution is 0.367. The van der Waals surface area contributed by atoms with E-state index in [1.54, 1.807) is 0 Å². The minimum Gasteiger partial charge on any atom is -0.313 e. The van der Waals surface area contributed by atoms with Gasteiger partial charge in [-0.15, -0.1) is 13.2 Å². The quantitative estimate of drug-likeness (QED) is 0.480. The Labute approximate surface area is 65.8 Å². The van der Waals surface area contributed by atoms with Crippen LogP contribution in [-0.2, 0) is 9.09 Å². The van der Waals surface area contributed by atoms with Gasteiger partial charge in [0.05, 0.1) is 12.8 Å². The first kappa shape index (κ1) is 9.96. The average Bonchev–Trinajstić information content (AvgIpc) is 1.84. The zero-order valence-electron chi connectivity index (χ0n) is 5.62. The summed E-state index contributed by atoms with van der Waals surface area (Å²) in [6, 6.07) is 0. The van der Waals surface area contributed by atoms with E-state index in [1.165, 1.54) is 12.2 Å². The molecule has 0 amide bonds. The average molecular weight is 181 g/mol. The van der Waals surface area contributed by atoms with Gasteiger partial charge in [0.2, 0.25) is 0 Å². The number of hydrogen-bond acceptors (Lipinski definition) is 2. The Kier molecular flexibility index (Phi) is 4.71. The van der Waals surface area contributed by atoms with Crippen LogP contribution in [-0.4, -0.2) is 12.8 Å². The Morgan fingerprint density at radius 1 is 1.50 bits per heavy atom. The first-order chi connectivity index (χ1) is 4.62. The molecule has 0 N–H and O–H groups in total. The van der Waals surface area contributed by atoms with Crippen molar-refractivity contribution in [1.82, 2.24) is 0 Å². The highest BCUT2D eigenvalue weighted by Crippen LogP contribution is 2.52. The highest BCUT2D eigenvalue weighted by Gasteiger charge is 2.15. The molecule has 58 valence electrons. The standard InChI is InChI=1S/C6H10ClO2P/c1-3-5-9-10(7,8)6-4-2/h3-4H,1-2,5-6H2. The molecule has 0 spiro atoms. The molecule has 0 aromatic rings. The lowest BCUT2D eigenvalue weighted by Crippen LogP contribution is -1.86. The molecule has 0 fully saturated rings. The minimum atomic E-state index is -2.93. The fourth-order valence-corrected chi connectivity index (χ4v) is 1.57. The van der Waals surface area contributed by atoms with Crippen molar-refractivity contribution in [3.05, 3.63) is 25.3 Å². The Morgan fingerprint density at radius 2 is 2.10 bits per heavy atom. The van der Waals surface area contributed by atoms with Gasteiger partial charge in [-0.05, 0) is 11.2 Å². The zero-order chi connectivity index (χ0) is 8.04. The molecule has 0 aliphatic heterocycles. The van der Waals surface area contributed by atoms with Gasteiger partial charge in [0, 0.05) is 0 Å². The summed E-state index contributed by atoms with van der Waals surface area (Å²) in [7, 11) is 0. The molecule has 2 nitrogen and oxygen atoms in total. The molecule has 10 heavy (non-hydrogen) atoms. The van der Waals surface area contributed by atoms with Crippen LogP contribution in [0.15, 0.2) is 25.3 Å². The lowest BCUT2D eigenvalue weighted by atomic mass is 10.7. The Hall–Kier alpha value is -0.0400. The molecule has 1 unspecified atom stereocenters. The summed E-state index contributed by atoms with van der Waals surface area (Å²) in [6.45, 7) is 4.08. The normalized spacial score (nSPS) is 15.7. The summed E-state index contributed by atoms with van der Waals surface area (Å²) in [5, 5.41) is 0. The van der Waals surface area contributed by atoms with Gasteiger partial charge < -0.3 is 4.52 Å². The molecule has 0 radical (unpaired) electrons. The van der Waals surface area contributed by atoms with Gasteiger partial charge in [-0.2, -0.15) is 0 Å². The van der Waals surface area contributed by atoms with Crippen LogP contribution in [0.4, 0.5) is 0 Å². The van der Waals surface area contributed by atoms with Crippen LogP contribution >= 0.6 is 18.0 Å². The second-order valence-corrected chi connectivity index (χ2v) is 5.00. The van der Waals surface area contributed by atoms with Crippen LogP contribution in [0.3, 0.4) is 0 Å². The van der Waals surface area contributed by atoms with E-state index in [0.717, 1.165) is 0 Å². The summed E-state index contributed by atoms with van der Waals surface area (Å²) < 4.78 is 15.7. The lowest BCUT2D eigenvalue weighted by Gasteiger charge is -2.05. The molecule has 0 saturated heterocycles.